The molecule has 0 bridgehead atoms. The van der Waals surface area contributed by atoms with E-state index in [0.717, 1.165) is 29.5 Å². The van der Waals surface area contributed by atoms with E-state index in [2.05, 4.69) is 16.0 Å². The van der Waals surface area contributed by atoms with Crippen molar-refractivity contribution in [1.29, 1.82) is 0 Å². The van der Waals surface area contributed by atoms with E-state index in [1.165, 1.54) is 43.5 Å². The van der Waals surface area contributed by atoms with Gasteiger partial charge < -0.3 is 21.1 Å². The van der Waals surface area contributed by atoms with Gasteiger partial charge >= 0.3 is 18.3 Å². The first kappa shape index (κ1) is 39.5. The Morgan fingerprint density at radius 1 is 0.920 bits per heavy atom. The summed E-state index contributed by atoms with van der Waals surface area (Å²) < 4.78 is 97.8. The van der Waals surface area contributed by atoms with Crippen LogP contribution in [0.25, 0.3) is 0 Å². The Balaban J connectivity index is 0.000000727. The van der Waals surface area contributed by atoms with Gasteiger partial charge in [0.05, 0.1) is 22.8 Å². The lowest BCUT2D eigenvalue weighted by molar-refractivity contribution is -0.192. The van der Waals surface area contributed by atoms with Crippen LogP contribution in [0.15, 0.2) is 58.3 Å². The number of hydrogen-bond acceptors (Lipinski definition) is 7. The van der Waals surface area contributed by atoms with Gasteiger partial charge in [-0.25, -0.2) is 13.2 Å². The molecule has 5 rings (SSSR count). The molecular formula is C33H39F6N3O6S2. The molecule has 4 N–H and O–H groups in total. The molecule has 0 aliphatic heterocycles. The number of carbonyl (C=O) groups is 3. The highest BCUT2D eigenvalue weighted by Gasteiger charge is 2.44. The summed E-state index contributed by atoms with van der Waals surface area (Å²) in [6.07, 6.45) is -0.860. The number of benzene rings is 2. The molecule has 50 heavy (non-hydrogen) atoms. The maximum atomic E-state index is 13.5. The number of carboxylic acids is 1. The summed E-state index contributed by atoms with van der Waals surface area (Å²) in [5, 5.41) is 16.3. The first-order valence-corrected chi connectivity index (χ1v) is 18.9. The number of rotatable bonds is 12. The van der Waals surface area contributed by atoms with Crippen LogP contribution in [0.4, 0.5) is 26.3 Å². The fourth-order valence-electron chi connectivity index (χ4n) is 6.15. The summed E-state index contributed by atoms with van der Waals surface area (Å²) in [6.45, 7) is -0.436. The van der Waals surface area contributed by atoms with Crippen molar-refractivity contribution in [2.24, 2.45) is 17.8 Å². The largest absolute Gasteiger partial charge is 0.490 e. The van der Waals surface area contributed by atoms with Crippen LogP contribution < -0.4 is 16.0 Å². The molecular weight excluding hydrogens is 713 g/mol. The summed E-state index contributed by atoms with van der Waals surface area (Å²) >= 11 is 1.53. The highest BCUT2D eigenvalue weighted by molar-refractivity contribution is 7.98. The van der Waals surface area contributed by atoms with Gasteiger partial charge in [0, 0.05) is 28.6 Å². The predicted octanol–water partition coefficient (Wildman–Crippen LogP) is 5.70. The fourth-order valence-corrected chi connectivity index (χ4v) is 8.23. The second-order valence-electron chi connectivity index (χ2n) is 12.8. The van der Waals surface area contributed by atoms with E-state index in [-0.39, 0.29) is 28.2 Å². The number of aliphatic carboxylic acids is 1. The quantitative estimate of drug-likeness (QED) is 0.160. The van der Waals surface area contributed by atoms with Gasteiger partial charge in [0.15, 0.2) is 9.84 Å². The fraction of sp³-hybridized carbons (Fsp3) is 0.545. The highest BCUT2D eigenvalue weighted by Crippen LogP contribution is 2.45. The lowest BCUT2D eigenvalue weighted by Gasteiger charge is -2.38. The van der Waals surface area contributed by atoms with Gasteiger partial charge in [-0.1, -0.05) is 6.07 Å². The van der Waals surface area contributed by atoms with Gasteiger partial charge in [-0.3, -0.25) is 9.59 Å². The number of carboxylic acid groups (broad SMARTS) is 1. The van der Waals surface area contributed by atoms with E-state index in [1.54, 1.807) is 24.3 Å². The van der Waals surface area contributed by atoms with Crippen LogP contribution in [0.1, 0.15) is 60.9 Å². The van der Waals surface area contributed by atoms with E-state index in [1.807, 2.05) is 6.26 Å². The third kappa shape index (κ3) is 11.6. The number of thioether (sulfide) groups is 1. The van der Waals surface area contributed by atoms with Crippen molar-refractivity contribution in [3.63, 3.8) is 0 Å². The molecule has 3 atom stereocenters. The molecule has 3 fully saturated rings. The predicted molar refractivity (Wildman–Crippen MR) is 173 cm³/mol. The molecule has 0 spiro atoms. The number of hydrogen-bond donors (Lipinski definition) is 4. The van der Waals surface area contributed by atoms with Crippen LogP contribution in [-0.4, -0.2) is 74.2 Å². The van der Waals surface area contributed by atoms with Crippen molar-refractivity contribution in [3.05, 3.63) is 59.7 Å². The molecule has 0 radical (unpaired) electrons. The van der Waals surface area contributed by atoms with E-state index >= 15 is 0 Å². The molecule has 276 valence electrons. The van der Waals surface area contributed by atoms with Crippen molar-refractivity contribution >= 4 is 39.4 Å². The summed E-state index contributed by atoms with van der Waals surface area (Å²) in [4.78, 5) is 35.5. The Labute approximate surface area is 290 Å². The lowest BCUT2D eigenvalue weighted by Crippen LogP contribution is -2.53. The average molecular weight is 752 g/mol. The Bertz CT molecular complexity index is 1600. The Morgan fingerprint density at radius 2 is 1.52 bits per heavy atom. The number of carbonyl (C=O) groups excluding carboxylic acids is 2. The normalized spacial score (nSPS) is 21.2. The SMILES string of the molecule is CSc1ccc(S(=O)(=O)C[C@@H]2C[C@H](NC(C3CC3)C3CC3)CC[C@@H]2NC(=O)CNC(=O)c2cccc(C(F)(F)F)c2)cc1.O=C(O)C(F)(F)F. The molecule has 2 aromatic carbocycles. The minimum Gasteiger partial charge on any atom is -0.475 e. The van der Waals surface area contributed by atoms with Gasteiger partial charge in [0.1, 0.15) is 0 Å². The van der Waals surface area contributed by atoms with Crippen LogP contribution in [0, 0.1) is 17.8 Å². The Hall–Kier alpha value is -3.31. The number of amides is 2. The third-order valence-corrected chi connectivity index (χ3v) is 11.6. The molecule has 17 heteroatoms. The molecule has 9 nitrogen and oxygen atoms in total. The average Bonchev–Trinajstić information content (AvgIpc) is 3.98. The summed E-state index contributed by atoms with van der Waals surface area (Å²) in [5.74, 6) is -3.15. The second kappa shape index (κ2) is 16.4. The van der Waals surface area contributed by atoms with Gasteiger partial charge in [0.2, 0.25) is 5.91 Å². The topological polar surface area (TPSA) is 142 Å². The van der Waals surface area contributed by atoms with Crippen LogP contribution >= 0.6 is 11.8 Å². The van der Waals surface area contributed by atoms with Gasteiger partial charge in [-0.05, 0) is 111 Å². The van der Waals surface area contributed by atoms with E-state index in [0.29, 0.717) is 30.7 Å². The molecule has 2 amide bonds. The first-order chi connectivity index (χ1) is 23.4. The van der Waals surface area contributed by atoms with Crippen molar-refractivity contribution in [1.82, 2.24) is 16.0 Å². The van der Waals surface area contributed by atoms with Crippen LogP contribution in [0.5, 0.6) is 0 Å². The van der Waals surface area contributed by atoms with Crippen molar-refractivity contribution < 1.29 is 54.3 Å². The molecule has 0 heterocycles. The Morgan fingerprint density at radius 3 is 2.04 bits per heavy atom. The Kier molecular flexibility index (Phi) is 12.9. The standard InChI is InChI=1S/C31H38F3N3O4S2.C2HF3O2/c1-42-25-10-12-26(13-11-25)43(40,41)18-22-16-24(36-29(19-5-6-19)20-7-8-20)9-14-27(22)37-28(38)17-35-30(39)21-3-2-4-23(15-21)31(32,33)34;3-2(4,5)1(6)7/h2-4,10-13,15,19-20,22,24,27,29,36H,5-9,14,16-18H2,1H3,(H,35,39)(H,37,38);(H,6,7)/t22-,24+,27-;/m0./s1. The zero-order valence-electron chi connectivity index (χ0n) is 27.0. The molecule has 3 aliphatic rings. The maximum Gasteiger partial charge on any atom is 0.490 e. The molecule has 3 aliphatic carbocycles. The first-order valence-electron chi connectivity index (χ1n) is 16.0. The summed E-state index contributed by atoms with van der Waals surface area (Å²) in [7, 11) is -3.64. The van der Waals surface area contributed by atoms with Crippen molar-refractivity contribution in [2.45, 2.75) is 85.2 Å². The van der Waals surface area contributed by atoms with Crippen LogP contribution in [0.2, 0.25) is 0 Å². The van der Waals surface area contributed by atoms with Crippen molar-refractivity contribution in [3.8, 4) is 0 Å². The summed E-state index contributed by atoms with van der Waals surface area (Å²) in [5.41, 5.74) is -1.15. The van der Waals surface area contributed by atoms with Crippen LogP contribution in [0.3, 0.4) is 0 Å². The maximum absolute atomic E-state index is 13.5. The molecule has 0 unspecified atom stereocenters. The minimum atomic E-state index is -5.08. The monoisotopic (exact) mass is 751 g/mol. The lowest BCUT2D eigenvalue weighted by atomic mass is 9.82. The molecule has 0 aromatic heterocycles. The van der Waals surface area contributed by atoms with E-state index in [4.69, 9.17) is 9.90 Å². The van der Waals surface area contributed by atoms with Gasteiger partial charge in [0.25, 0.3) is 5.91 Å². The number of sulfone groups is 1. The molecule has 2 aromatic rings. The second-order valence-corrected chi connectivity index (χ2v) is 15.7. The smallest absolute Gasteiger partial charge is 0.475 e. The van der Waals surface area contributed by atoms with Crippen molar-refractivity contribution in [2.75, 3.05) is 18.6 Å². The van der Waals surface area contributed by atoms with E-state index < -0.39 is 58.1 Å². The third-order valence-electron chi connectivity index (χ3n) is 8.97. The van der Waals surface area contributed by atoms with Gasteiger partial charge in [-0.15, -0.1) is 11.8 Å². The molecule has 0 saturated heterocycles. The minimum absolute atomic E-state index is 0.122. The number of alkyl halides is 6. The van der Waals surface area contributed by atoms with Crippen LogP contribution in [-0.2, 0) is 25.6 Å². The van der Waals surface area contributed by atoms with E-state index in [9.17, 15) is 44.3 Å². The zero-order chi connectivity index (χ0) is 36.9. The van der Waals surface area contributed by atoms with Gasteiger partial charge in [-0.2, -0.15) is 26.3 Å². The zero-order valence-corrected chi connectivity index (χ0v) is 28.7. The summed E-state index contributed by atoms with van der Waals surface area (Å²) in [6, 6.07) is 11.0. The number of halogens is 6. The molecule has 3 saturated carbocycles. The number of nitrogens with one attached hydrogen (secondary N) is 3. The highest BCUT2D eigenvalue weighted by atomic mass is 32.2.